The highest BCUT2D eigenvalue weighted by Gasteiger charge is 2.33. The summed E-state index contributed by atoms with van der Waals surface area (Å²) in [6.07, 6.45) is 3.08. The fourth-order valence-corrected chi connectivity index (χ4v) is 3.98. The molecule has 1 amide bonds. The van der Waals surface area contributed by atoms with E-state index < -0.39 is 0 Å². The molecule has 1 saturated carbocycles. The molecule has 33 heavy (non-hydrogen) atoms. The first-order valence-corrected chi connectivity index (χ1v) is 11.5. The molecule has 0 spiro atoms. The van der Waals surface area contributed by atoms with Crippen LogP contribution in [-0.4, -0.2) is 33.7 Å². The van der Waals surface area contributed by atoms with E-state index in [0.717, 1.165) is 34.9 Å². The second kappa shape index (κ2) is 9.63. The molecule has 5 rings (SSSR count). The lowest BCUT2D eigenvalue weighted by Gasteiger charge is -2.20. The third kappa shape index (κ3) is 5.17. The summed E-state index contributed by atoms with van der Waals surface area (Å²) < 4.78 is 11.8. The van der Waals surface area contributed by atoms with Gasteiger partial charge in [0.15, 0.2) is 0 Å². The molecule has 0 atom stereocenters. The molecule has 0 N–H and O–H groups in total. The molecule has 1 aromatic heterocycles. The SMILES string of the molecule is O=C(CCCOc1cccc2ccccc12)N(Cc1nnc(-c2ccc(Cl)cc2)o1)C1CC1. The van der Waals surface area contributed by atoms with Gasteiger partial charge < -0.3 is 14.1 Å². The number of amides is 1. The molecule has 0 radical (unpaired) electrons. The minimum atomic E-state index is 0.0882. The van der Waals surface area contributed by atoms with Crippen LogP contribution < -0.4 is 4.74 Å². The second-order valence-electron chi connectivity index (χ2n) is 8.19. The van der Waals surface area contributed by atoms with Crippen molar-refractivity contribution in [1.29, 1.82) is 0 Å². The normalized spacial score (nSPS) is 13.2. The maximum Gasteiger partial charge on any atom is 0.247 e. The Labute approximate surface area is 197 Å². The smallest absolute Gasteiger partial charge is 0.247 e. The minimum Gasteiger partial charge on any atom is -0.493 e. The molecule has 1 aliphatic rings. The van der Waals surface area contributed by atoms with E-state index in [2.05, 4.69) is 22.3 Å². The first kappa shape index (κ1) is 21.5. The van der Waals surface area contributed by atoms with Gasteiger partial charge in [0.05, 0.1) is 13.2 Å². The van der Waals surface area contributed by atoms with E-state index in [9.17, 15) is 4.79 Å². The van der Waals surface area contributed by atoms with Crippen LogP contribution >= 0.6 is 11.6 Å². The van der Waals surface area contributed by atoms with Crippen molar-refractivity contribution in [2.45, 2.75) is 38.3 Å². The maximum atomic E-state index is 12.9. The van der Waals surface area contributed by atoms with Crippen LogP contribution in [0, 0.1) is 0 Å². The Hall–Kier alpha value is -3.38. The fraction of sp³-hybridized carbons (Fsp3) is 0.269. The van der Waals surface area contributed by atoms with Crippen LogP contribution in [0.25, 0.3) is 22.2 Å². The molecule has 3 aromatic carbocycles. The van der Waals surface area contributed by atoms with Gasteiger partial charge in [-0.3, -0.25) is 4.79 Å². The van der Waals surface area contributed by atoms with Gasteiger partial charge in [-0.1, -0.05) is 48.0 Å². The van der Waals surface area contributed by atoms with Crippen molar-refractivity contribution < 1.29 is 13.9 Å². The fourth-order valence-electron chi connectivity index (χ4n) is 3.85. The van der Waals surface area contributed by atoms with Crippen molar-refractivity contribution >= 4 is 28.3 Å². The highest BCUT2D eigenvalue weighted by Crippen LogP contribution is 2.30. The Kier molecular flexibility index (Phi) is 6.26. The molecule has 7 heteroatoms. The van der Waals surface area contributed by atoms with Gasteiger partial charge in [-0.15, -0.1) is 10.2 Å². The van der Waals surface area contributed by atoms with E-state index in [1.807, 2.05) is 47.4 Å². The minimum absolute atomic E-state index is 0.0882. The van der Waals surface area contributed by atoms with Crippen molar-refractivity contribution in [1.82, 2.24) is 15.1 Å². The standard InChI is InChI=1S/C26H24ClN3O3/c27-20-12-10-19(11-13-20)26-29-28-24(33-26)17-30(21-14-15-21)25(31)9-4-16-32-23-8-3-6-18-5-1-2-7-22(18)23/h1-3,5-8,10-13,21H,4,9,14-17H2. The van der Waals surface area contributed by atoms with Gasteiger partial charge in [0.25, 0.3) is 0 Å². The number of hydrogen-bond donors (Lipinski definition) is 0. The zero-order valence-electron chi connectivity index (χ0n) is 18.1. The van der Waals surface area contributed by atoms with Crippen LogP contribution in [0.4, 0.5) is 0 Å². The quantitative estimate of drug-likeness (QED) is 0.290. The van der Waals surface area contributed by atoms with Crippen LogP contribution in [0.3, 0.4) is 0 Å². The van der Waals surface area contributed by atoms with Crippen LogP contribution in [-0.2, 0) is 11.3 Å². The molecule has 0 aliphatic heterocycles. The van der Waals surface area contributed by atoms with E-state index in [-0.39, 0.29) is 11.9 Å². The summed E-state index contributed by atoms with van der Waals surface area (Å²) in [6, 6.07) is 21.6. The number of carbonyl (C=O) groups is 1. The number of fused-ring (bicyclic) bond motifs is 1. The Morgan fingerprint density at radius 3 is 2.64 bits per heavy atom. The van der Waals surface area contributed by atoms with Crippen LogP contribution in [0.5, 0.6) is 5.75 Å². The zero-order chi connectivity index (χ0) is 22.6. The summed E-state index contributed by atoms with van der Waals surface area (Å²) >= 11 is 5.94. The number of carbonyl (C=O) groups excluding carboxylic acids is 1. The number of hydrogen-bond acceptors (Lipinski definition) is 5. The molecule has 1 fully saturated rings. The third-order valence-electron chi connectivity index (χ3n) is 5.71. The Balaban J connectivity index is 1.16. The van der Waals surface area contributed by atoms with E-state index in [0.29, 0.717) is 42.8 Å². The van der Waals surface area contributed by atoms with Gasteiger partial charge in [0.2, 0.25) is 17.7 Å². The van der Waals surface area contributed by atoms with Gasteiger partial charge in [0.1, 0.15) is 5.75 Å². The summed E-state index contributed by atoms with van der Waals surface area (Å²) in [5, 5.41) is 11.1. The average Bonchev–Trinajstić information content (AvgIpc) is 3.58. The van der Waals surface area contributed by atoms with Crippen molar-refractivity contribution in [3.63, 3.8) is 0 Å². The number of ether oxygens (including phenoxy) is 1. The van der Waals surface area contributed by atoms with Crippen molar-refractivity contribution in [3.05, 3.63) is 77.6 Å². The summed E-state index contributed by atoms with van der Waals surface area (Å²) in [7, 11) is 0. The lowest BCUT2D eigenvalue weighted by molar-refractivity contribution is -0.133. The van der Waals surface area contributed by atoms with Crippen molar-refractivity contribution in [2.24, 2.45) is 0 Å². The molecule has 168 valence electrons. The number of nitrogens with zero attached hydrogens (tertiary/aromatic N) is 3. The van der Waals surface area contributed by atoms with Gasteiger partial charge in [-0.25, -0.2) is 0 Å². The topological polar surface area (TPSA) is 68.5 Å². The molecule has 6 nitrogen and oxygen atoms in total. The maximum absolute atomic E-state index is 12.9. The Morgan fingerprint density at radius 1 is 1.03 bits per heavy atom. The van der Waals surface area contributed by atoms with E-state index in [1.165, 1.54) is 0 Å². The lowest BCUT2D eigenvalue weighted by Crippen LogP contribution is -2.32. The summed E-state index contributed by atoms with van der Waals surface area (Å²) in [6.45, 7) is 0.813. The average molecular weight is 462 g/mol. The van der Waals surface area contributed by atoms with E-state index >= 15 is 0 Å². The zero-order valence-corrected chi connectivity index (χ0v) is 18.9. The summed E-state index contributed by atoms with van der Waals surface area (Å²) in [4.78, 5) is 14.8. The summed E-state index contributed by atoms with van der Waals surface area (Å²) in [5.41, 5.74) is 0.799. The predicted octanol–water partition coefficient (Wildman–Crippen LogP) is 5.89. The van der Waals surface area contributed by atoms with Crippen LogP contribution in [0.1, 0.15) is 31.6 Å². The van der Waals surface area contributed by atoms with Gasteiger partial charge in [-0.05, 0) is 55.0 Å². The number of halogens is 1. The molecule has 0 unspecified atom stereocenters. The van der Waals surface area contributed by atoms with Gasteiger partial charge >= 0.3 is 0 Å². The first-order valence-electron chi connectivity index (χ1n) is 11.2. The van der Waals surface area contributed by atoms with Crippen molar-refractivity contribution in [2.75, 3.05) is 6.61 Å². The van der Waals surface area contributed by atoms with Crippen LogP contribution in [0.2, 0.25) is 5.02 Å². The Bertz CT molecular complexity index is 1250. The van der Waals surface area contributed by atoms with Crippen molar-refractivity contribution in [3.8, 4) is 17.2 Å². The van der Waals surface area contributed by atoms with Gasteiger partial charge in [-0.2, -0.15) is 0 Å². The molecular formula is C26H24ClN3O3. The van der Waals surface area contributed by atoms with Gasteiger partial charge in [0, 0.05) is 28.4 Å². The van der Waals surface area contributed by atoms with E-state index in [1.54, 1.807) is 12.1 Å². The molecule has 0 bridgehead atoms. The molecule has 1 heterocycles. The predicted molar refractivity (Wildman–Crippen MR) is 127 cm³/mol. The second-order valence-corrected chi connectivity index (χ2v) is 8.63. The molecule has 0 saturated heterocycles. The largest absolute Gasteiger partial charge is 0.493 e. The first-order chi connectivity index (χ1) is 16.2. The molecular weight excluding hydrogens is 438 g/mol. The molecule has 4 aromatic rings. The third-order valence-corrected chi connectivity index (χ3v) is 5.97. The number of aromatic nitrogens is 2. The van der Waals surface area contributed by atoms with Crippen LogP contribution in [0.15, 0.2) is 71.1 Å². The highest BCUT2D eigenvalue weighted by molar-refractivity contribution is 6.30. The highest BCUT2D eigenvalue weighted by atomic mass is 35.5. The van der Waals surface area contributed by atoms with E-state index in [4.69, 9.17) is 20.8 Å². The monoisotopic (exact) mass is 461 g/mol. The Morgan fingerprint density at radius 2 is 1.82 bits per heavy atom. The molecule has 1 aliphatic carbocycles. The number of benzene rings is 3. The lowest BCUT2D eigenvalue weighted by atomic mass is 10.1. The number of rotatable bonds is 9. The summed E-state index contributed by atoms with van der Waals surface area (Å²) in [5.74, 6) is 1.80.